The number of unbranched alkanes of at least 4 members (excludes halogenated alkanes) is 3. The van der Waals surface area contributed by atoms with Crippen molar-refractivity contribution in [2.45, 2.75) is 94.2 Å². The summed E-state index contributed by atoms with van der Waals surface area (Å²) in [6, 6.07) is 11.5. The zero-order valence-corrected chi connectivity index (χ0v) is 26.5. The van der Waals surface area contributed by atoms with Crippen molar-refractivity contribution in [1.29, 1.82) is 0 Å². The van der Waals surface area contributed by atoms with Crippen molar-refractivity contribution in [3.63, 3.8) is 0 Å². The molecule has 1 aromatic heterocycles. The number of aromatic nitrogens is 1. The van der Waals surface area contributed by atoms with Gasteiger partial charge in [0.05, 0.1) is 5.69 Å². The number of fused-ring (bicyclic) bond motifs is 1. The number of aromatic hydroxyl groups is 2. The second kappa shape index (κ2) is 14.4. The van der Waals surface area contributed by atoms with E-state index in [-0.39, 0.29) is 24.5 Å². The summed E-state index contributed by atoms with van der Waals surface area (Å²) in [5.74, 6) is -37.3. The van der Waals surface area contributed by atoms with Gasteiger partial charge in [0, 0.05) is 43.9 Å². The first-order valence-electron chi connectivity index (χ1n) is 15.1. The fraction of sp³-hybridized carbons (Fsp3) is 0.531. The topological polar surface area (TPSA) is 65.7 Å². The molecular formula is C32H33F13N2O3. The van der Waals surface area contributed by atoms with Crippen LogP contribution >= 0.6 is 0 Å². The molecular weight excluding hydrogens is 707 g/mol. The number of aryl methyl sites for hydroxylation is 2. The summed E-state index contributed by atoms with van der Waals surface area (Å²) in [6.45, 7) is 2.00. The van der Waals surface area contributed by atoms with Crippen molar-refractivity contribution in [2.24, 2.45) is 0 Å². The number of amides is 1. The number of hydrogen-bond donors (Lipinski definition) is 2. The van der Waals surface area contributed by atoms with Crippen molar-refractivity contribution < 1.29 is 72.1 Å². The standard InChI is InChI=1S/C32H33F13N2O3/c1-19-23-18-22(49)13-14-24(23)47(26(19)20-9-11-21(48)12-10-20)17-6-3-4-8-25(50)46(2)16-7-5-15-27(33,34)28(35,36)29(37,38)30(39,40)31(41,42)32(43,44)45/h9-14,18,48-49H,3-8,15-17H2,1-2H3. The van der Waals surface area contributed by atoms with Gasteiger partial charge >= 0.3 is 35.8 Å². The molecule has 3 aromatic rings. The Hall–Kier alpha value is -3.86. The number of alkyl halides is 13. The molecule has 2 N–H and O–H groups in total. The highest BCUT2D eigenvalue weighted by Gasteiger charge is 2.90. The Morgan fingerprint density at radius 1 is 0.700 bits per heavy atom. The van der Waals surface area contributed by atoms with Gasteiger partial charge in [-0.25, -0.2) is 0 Å². The van der Waals surface area contributed by atoms with E-state index in [9.17, 15) is 72.1 Å². The number of halogens is 13. The monoisotopic (exact) mass is 740 g/mol. The second-order valence-electron chi connectivity index (χ2n) is 12.0. The van der Waals surface area contributed by atoms with Crippen LogP contribution in [0.2, 0.25) is 0 Å². The van der Waals surface area contributed by atoms with Gasteiger partial charge in [-0.1, -0.05) is 6.42 Å². The molecule has 0 saturated heterocycles. The largest absolute Gasteiger partial charge is 0.508 e. The summed E-state index contributed by atoms with van der Waals surface area (Å²) >= 11 is 0. The minimum Gasteiger partial charge on any atom is -0.508 e. The predicted molar refractivity (Wildman–Crippen MR) is 156 cm³/mol. The number of benzene rings is 2. The Balaban J connectivity index is 1.52. The van der Waals surface area contributed by atoms with E-state index in [1.165, 1.54) is 25.2 Å². The number of hydrogen-bond acceptors (Lipinski definition) is 3. The summed E-state index contributed by atoms with van der Waals surface area (Å²) in [6.07, 6.45) is -9.98. The molecule has 280 valence electrons. The lowest BCUT2D eigenvalue weighted by molar-refractivity contribution is -0.440. The summed E-state index contributed by atoms with van der Waals surface area (Å²) < 4.78 is 175. The molecule has 0 atom stereocenters. The van der Waals surface area contributed by atoms with E-state index in [0.29, 0.717) is 25.8 Å². The van der Waals surface area contributed by atoms with Crippen LogP contribution < -0.4 is 0 Å². The zero-order valence-electron chi connectivity index (χ0n) is 26.5. The minimum atomic E-state index is -7.93. The first-order valence-corrected chi connectivity index (χ1v) is 15.1. The van der Waals surface area contributed by atoms with E-state index in [4.69, 9.17) is 0 Å². The molecule has 2 aromatic carbocycles. The Morgan fingerprint density at radius 3 is 1.84 bits per heavy atom. The van der Waals surface area contributed by atoms with Crippen LogP contribution in [0.3, 0.4) is 0 Å². The summed E-state index contributed by atoms with van der Waals surface area (Å²) in [7, 11) is 1.22. The van der Waals surface area contributed by atoms with Crippen LogP contribution in [-0.4, -0.2) is 75.0 Å². The van der Waals surface area contributed by atoms with Crippen molar-refractivity contribution in [3.05, 3.63) is 48.0 Å². The first kappa shape index (κ1) is 40.6. The highest BCUT2D eigenvalue weighted by Crippen LogP contribution is 2.60. The molecule has 0 bridgehead atoms. The fourth-order valence-electron chi connectivity index (χ4n) is 5.43. The van der Waals surface area contributed by atoms with Crippen molar-refractivity contribution in [3.8, 4) is 22.8 Å². The van der Waals surface area contributed by atoms with Crippen LogP contribution in [-0.2, 0) is 11.3 Å². The third-order valence-corrected chi connectivity index (χ3v) is 8.37. The summed E-state index contributed by atoms with van der Waals surface area (Å²) in [5, 5.41) is 20.5. The maximum absolute atomic E-state index is 14.0. The lowest BCUT2D eigenvalue weighted by atomic mass is 9.91. The molecule has 1 heterocycles. The fourth-order valence-corrected chi connectivity index (χ4v) is 5.43. The summed E-state index contributed by atoms with van der Waals surface area (Å²) in [5.41, 5.74) is 3.37. The molecule has 3 rings (SSSR count). The van der Waals surface area contributed by atoms with E-state index in [2.05, 4.69) is 0 Å². The normalized spacial score (nSPS) is 13.7. The molecule has 1 amide bonds. The Bertz CT molecular complexity index is 1630. The van der Waals surface area contributed by atoms with Gasteiger partial charge in [-0.3, -0.25) is 4.79 Å². The Labute approximate surface area is 277 Å². The SMILES string of the molecule is Cc1c(-c2ccc(O)cc2)n(CCCCCC(=O)N(C)CCCCC(F)(F)C(F)(F)C(F)(F)C(F)(F)C(F)(F)C(F)(F)F)c2ccc(O)cc12. The highest BCUT2D eigenvalue weighted by atomic mass is 19.4. The lowest BCUT2D eigenvalue weighted by Gasteiger charge is -2.39. The number of phenolic OH excluding ortho intramolecular Hbond substituents is 2. The molecule has 0 spiro atoms. The van der Waals surface area contributed by atoms with Gasteiger partial charge in [-0.15, -0.1) is 0 Å². The summed E-state index contributed by atoms with van der Waals surface area (Å²) in [4.78, 5) is 13.5. The van der Waals surface area contributed by atoms with E-state index in [1.54, 1.807) is 24.3 Å². The van der Waals surface area contributed by atoms with Crippen molar-refractivity contribution in [2.75, 3.05) is 13.6 Å². The van der Waals surface area contributed by atoms with Gasteiger partial charge in [0.15, 0.2) is 0 Å². The molecule has 0 aliphatic heterocycles. The smallest absolute Gasteiger partial charge is 0.460 e. The third kappa shape index (κ3) is 7.57. The van der Waals surface area contributed by atoms with E-state index in [0.717, 1.165) is 32.6 Å². The molecule has 50 heavy (non-hydrogen) atoms. The molecule has 0 unspecified atom stereocenters. The molecule has 0 saturated carbocycles. The van der Waals surface area contributed by atoms with Crippen LogP contribution in [0, 0.1) is 6.92 Å². The lowest BCUT2D eigenvalue weighted by Crippen LogP contribution is -2.70. The number of rotatable bonds is 16. The van der Waals surface area contributed by atoms with Gasteiger partial charge in [-0.05, 0) is 86.2 Å². The molecule has 0 aliphatic rings. The van der Waals surface area contributed by atoms with Crippen molar-refractivity contribution >= 4 is 16.8 Å². The maximum atomic E-state index is 14.0. The maximum Gasteiger partial charge on any atom is 0.460 e. The van der Waals surface area contributed by atoms with Gasteiger partial charge in [0.2, 0.25) is 5.91 Å². The number of phenols is 2. The van der Waals surface area contributed by atoms with E-state index < -0.39 is 61.0 Å². The molecule has 0 radical (unpaired) electrons. The van der Waals surface area contributed by atoms with Crippen LogP contribution in [0.15, 0.2) is 42.5 Å². The molecule has 5 nitrogen and oxygen atoms in total. The zero-order chi connectivity index (χ0) is 38.1. The van der Waals surface area contributed by atoms with Gasteiger partial charge in [-0.2, -0.15) is 57.1 Å². The number of carbonyl (C=O) groups excluding carboxylic acids is 1. The Morgan fingerprint density at radius 2 is 1.26 bits per heavy atom. The quantitative estimate of drug-likeness (QED) is 0.114. The van der Waals surface area contributed by atoms with Crippen LogP contribution in [0.4, 0.5) is 57.1 Å². The highest BCUT2D eigenvalue weighted by molar-refractivity contribution is 5.92. The second-order valence-corrected chi connectivity index (χ2v) is 12.0. The van der Waals surface area contributed by atoms with Crippen molar-refractivity contribution in [1.82, 2.24) is 9.47 Å². The number of nitrogens with zero attached hydrogens (tertiary/aromatic N) is 2. The van der Waals surface area contributed by atoms with E-state index >= 15 is 0 Å². The van der Waals surface area contributed by atoms with Crippen LogP contribution in [0.1, 0.15) is 50.5 Å². The van der Waals surface area contributed by atoms with Gasteiger partial charge < -0.3 is 19.7 Å². The van der Waals surface area contributed by atoms with Crippen LogP contribution in [0.25, 0.3) is 22.2 Å². The van der Waals surface area contributed by atoms with Gasteiger partial charge in [0.25, 0.3) is 0 Å². The Kier molecular flexibility index (Phi) is 11.7. The van der Waals surface area contributed by atoms with E-state index in [1.807, 2.05) is 11.5 Å². The predicted octanol–water partition coefficient (Wildman–Crippen LogP) is 9.96. The average molecular weight is 741 g/mol. The first-order chi connectivity index (χ1) is 22.8. The molecule has 0 fully saturated rings. The third-order valence-electron chi connectivity index (χ3n) is 8.37. The number of carbonyl (C=O) groups is 1. The van der Waals surface area contributed by atoms with Gasteiger partial charge in [0.1, 0.15) is 11.5 Å². The molecule has 0 aliphatic carbocycles. The molecule has 18 heteroatoms. The average Bonchev–Trinajstić information content (AvgIpc) is 3.28. The minimum absolute atomic E-state index is 0.0381. The van der Waals surface area contributed by atoms with Crippen LogP contribution in [0.5, 0.6) is 11.5 Å².